The molecular formula is C25H19N3O5S. The summed E-state index contributed by atoms with van der Waals surface area (Å²) in [7, 11) is -2.41. The fourth-order valence-electron chi connectivity index (χ4n) is 3.34. The summed E-state index contributed by atoms with van der Waals surface area (Å²) in [5.41, 5.74) is 2.83. The van der Waals surface area contributed by atoms with E-state index in [0.717, 1.165) is 0 Å². The predicted molar refractivity (Wildman–Crippen MR) is 127 cm³/mol. The highest BCUT2D eigenvalue weighted by atomic mass is 32.2. The molecule has 34 heavy (non-hydrogen) atoms. The van der Waals surface area contributed by atoms with E-state index in [2.05, 4.69) is 21.5 Å². The van der Waals surface area contributed by atoms with Gasteiger partial charge in [-0.3, -0.25) is 14.7 Å². The first-order valence-corrected chi connectivity index (χ1v) is 11.5. The molecule has 1 aromatic heterocycles. The summed E-state index contributed by atoms with van der Waals surface area (Å²) in [6.45, 7) is 0. The van der Waals surface area contributed by atoms with Gasteiger partial charge in [0.1, 0.15) is 11.4 Å². The largest absolute Gasteiger partial charge is 0.496 e. The van der Waals surface area contributed by atoms with Crippen LogP contribution in [0.15, 0.2) is 83.9 Å². The molecule has 3 N–H and O–H groups in total. The Balaban J connectivity index is 1.67. The number of aromatic nitrogens is 1. The molecule has 0 spiro atoms. The van der Waals surface area contributed by atoms with Gasteiger partial charge in [-0.05, 0) is 36.4 Å². The van der Waals surface area contributed by atoms with E-state index in [1.165, 1.54) is 30.9 Å². The highest BCUT2D eigenvalue weighted by Gasteiger charge is 2.20. The van der Waals surface area contributed by atoms with Crippen molar-refractivity contribution in [3.05, 3.63) is 95.8 Å². The Labute approximate surface area is 196 Å². The molecule has 0 saturated carbocycles. The normalized spacial score (nSPS) is 10.8. The number of rotatable bonds is 5. The van der Waals surface area contributed by atoms with Gasteiger partial charge in [0.2, 0.25) is 0 Å². The third-order valence-corrected chi connectivity index (χ3v) is 6.39. The summed E-state index contributed by atoms with van der Waals surface area (Å²) in [5.74, 6) is 5.68. The number of nitrogens with zero attached hydrogens (tertiary/aromatic N) is 1. The Morgan fingerprint density at radius 1 is 0.941 bits per heavy atom. The lowest BCUT2D eigenvalue weighted by Crippen LogP contribution is -2.19. The van der Waals surface area contributed by atoms with Crippen LogP contribution in [0.3, 0.4) is 0 Å². The van der Waals surface area contributed by atoms with Crippen LogP contribution in [0, 0.1) is 11.8 Å². The minimum atomic E-state index is -3.94. The van der Waals surface area contributed by atoms with Gasteiger partial charge in [0.25, 0.3) is 15.9 Å². The van der Waals surface area contributed by atoms with Crippen LogP contribution >= 0.6 is 0 Å². The number of anilines is 1. The topological polar surface area (TPSA) is 118 Å². The number of ether oxygens (including phenoxy) is 1. The molecule has 0 bridgehead atoms. The van der Waals surface area contributed by atoms with E-state index in [0.29, 0.717) is 33.3 Å². The monoisotopic (exact) mass is 473 g/mol. The average molecular weight is 474 g/mol. The van der Waals surface area contributed by atoms with E-state index >= 15 is 0 Å². The van der Waals surface area contributed by atoms with Gasteiger partial charge in [-0.2, -0.15) is 0 Å². The zero-order chi connectivity index (χ0) is 24.1. The molecule has 0 aliphatic carbocycles. The number of amides is 1. The highest BCUT2D eigenvalue weighted by molar-refractivity contribution is 7.93. The first-order valence-electron chi connectivity index (χ1n) is 10.0. The summed E-state index contributed by atoms with van der Waals surface area (Å²) in [6, 6.07) is 20.0. The number of fused-ring (bicyclic) bond motifs is 1. The molecule has 1 heterocycles. The number of pyridine rings is 1. The number of nitrogens with one attached hydrogen (secondary N) is 2. The third kappa shape index (κ3) is 4.68. The van der Waals surface area contributed by atoms with E-state index in [1.807, 2.05) is 6.07 Å². The van der Waals surface area contributed by atoms with Gasteiger partial charge in [0.05, 0.1) is 17.7 Å². The molecule has 0 aliphatic rings. The number of benzene rings is 3. The second-order valence-corrected chi connectivity index (χ2v) is 8.74. The molecule has 0 unspecified atom stereocenters. The van der Waals surface area contributed by atoms with Gasteiger partial charge in [-0.15, -0.1) is 0 Å². The Hall–Kier alpha value is -4.39. The van der Waals surface area contributed by atoms with Crippen LogP contribution in [0.4, 0.5) is 5.69 Å². The molecule has 0 saturated heterocycles. The summed E-state index contributed by atoms with van der Waals surface area (Å²) >= 11 is 0. The quantitative estimate of drug-likeness (QED) is 0.232. The van der Waals surface area contributed by atoms with E-state index in [4.69, 9.17) is 9.94 Å². The van der Waals surface area contributed by atoms with E-state index in [-0.39, 0.29) is 10.6 Å². The zero-order valence-corrected chi connectivity index (χ0v) is 18.8. The van der Waals surface area contributed by atoms with Crippen LogP contribution < -0.4 is 14.9 Å². The average Bonchev–Trinajstić information content (AvgIpc) is 2.87. The molecule has 0 fully saturated rings. The van der Waals surface area contributed by atoms with Gasteiger partial charge < -0.3 is 4.74 Å². The Morgan fingerprint density at radius 3 is 2.38 bits per heavy atom. The van der Waals surface area contributed by atoms with Gasteiger partial charge in [0, 0.05) is 28.1 Å². The van der Waals surface area contributed by atoms with Crippen molar-refractivity contribution < 1.29 is 23.2 Å². The molecule has 4 aromatic rings. The number of hydroxylamine groups is 1. The Bertz CT molecular complexity index is 1540. The first kappa shape index (κ1) is 22.8. The minimum Gasteiger partial charge on any atom is -0.496 e. The molecule has 1 amide bonds. The number of sulfonamides is 1. The number of carbonyl (C=O) groups excluding carboxylic acids is 1. The van der Waals surface area contributed by atoms with E-state index in [9.17, 15) is 13.2 Å². The van der Waals surface area contributed by atoms with Crippen molar-refractivity contribution in [3.8, 4) is 17.6 Å². The predicted octanol–water partition coefficient (Wildman–Crippen LogP) is 3.56. The van der Waals surface area contributed by atoms with Crippen molar-refractivity contribution >= 4 is 32.4 Å². The molecule has 4 rings (SSSR count). The lowest BCUT2D eigenvalue weighted by molar-refractivity contribution is 0.0700. The molecule has 8 nitrogen and oxygen atoms in total. The molecule has 3 aromatic carbocycles. The van der Waals surface area contributed by atoms with Crippen LogP contribution in [-0.4, -0.2) is 31.6 Å². The number of hydrogen-bond donors (Lipinski definition) is 3. The molecule has 0 aliphatic heterocycles. The molecule has 170 valence electrons. The van der Waals surface area contributed by atoms with Gasteiger partial charge in [0.15, 0.2) is 0 Å². The number of methoxy groups -OCH3 is 1. The summed E-state index contributed by atoms with van der Waals surface area (Å²) in [5, 5.41) is 9.89. The SMILES string of the molecule is COc1ccc(S(=O)(=O)Nc2ccccc2C#Cc2ccc(C(=O)NO)nc2)c2ccccc12. The molecular weight excluding hydrogens is 454 g/mol. The maximum atomic E-state index is 13.3. The first-order chi connectivity index (χ1) is 16.4. The minimum absolute atomic E-state index is 0.0351. The van der Waals surface area contributed by atoms with Gasteiger partial charge >= 0.3 is 0 Å². The zero-order valence-electron chi connectivity index (χ0n) is 17.9. The summed E-state index contributed by atoms with van der Waals surface area (Å²) in [4.78, 5) is 15.4. The highest BCUT2D eigenvalue weighted by Crippen LogP contribution is 2.32. The van der Waals surface area contributed by atoms with Gasteiger partial charge in [-0.1, -0.05) is 48.2 Å². The molecule has 0 atom stereocenters. The Morgan fingerprint density at radius 2 is 1.68 bits per heavy atom. The number of hydrogen-bond acceptors (Lipinski definition) is 6. The van der Waals surface area contributed by atoms with Crippen molar-refractivity contribution in [2.75, 3.05) is 11.8 Å². The van der Waals surface area contributed by atoms with Crippen LogP contribution in [0.2, 0.25) is 0 Å². The van der Waals surface area contributed by atoms with Crippen molar-refractivity contribution in [1.29, 1.82) is 0 Å². The van der Waals surface area contributed by atoms with Gasteiger partial charge in [-0.25, -0.2) is 18.9 Å². The lowest BCUT2D eigenvalue weighted by atomic mass is 10.1. The lowest BCUT2D eigenvalue weighted by Gasteiger charge is -2.13. The summed E-state index contributed by atoms with van der Waals surface area (Å²) < 4.78 is 34.6. The van der Waals surface area contributed by atoms with Crippen molar-refractivity contribution in [2.45, 2.75) is 4.90 Å². The van der Waals surface area contributed by atoms with Crippen LogP contribution in [-0.2, 0) is 10.0 Å². The molecule has 0 radical (unpaired) electrons. The molecule has 9 heteroatoms. The third-order valence-electron chi connectivity index (χ3n) is 4.96. The fraction of sp³-hybridized carbons (Fsp3) is 0.0400. The number of para-hydroxylation sites is 1. The standard InChI is InChI=1S/C25H19N3O5S/c1-33-23-14-15-24(20-8-4-3-7-19(20)23)34(31,32)28-21-9-5-2-6-18(21)12-10-17-11-13-22(26-16-17)25(29)27-30/h2-9,11,13-16,28,30H,1H3,(H,27,29). The van der Waals surface area contributed by atoms with E-state index < -0.39 is 15.9 Å². The fourth-order valence-corrected chi connectivity index (χ4v) is 4.63. The summed E-state index contributed by atoms with van der Waals surface area (Å²) in [6.07, 6.45) is 1.38. The van der Waals surface area contributed by atoms with Crippen molar-refractivity contribution in [3.63, 3.8) is 0 Å². The Kier molecular flexibility index (Phi) is 6.45. The van der Waals surface area contributed by atoms with Crippen molar-refractivity contribution in [1.82, 2.24) is 10.5 Å². The van der Waals surface area contributed by atoms with Crippen LogP contribution in [0.5, 0.6) is 5.75 Å². The maximum absolute atomic E-state index is 13.3. The smallest absolute Gasteiger partial charge is 0.293 e. The number of carbonyl (C=O) groups is 1. The van der Waals surface area contributed by atoms with Crippen molar-refractivity contribution in [2.24, 2.45) is 0 Å². The second-order valence-electron chi connectivity index (χ2n) is 7.09. The van der Waals surface area contributed by atoms with Crippen LogP contribution in [0.1, 0.15) is 21.6 Å². The van der Waals surface area contributed by atoms with E-state index in [1.54, 1.807) is 54.6 Å². The second kappa shape index (κ2) is 9.62. The maximum Gasteiger partial charge on any atom is 0.293 e. The van der Waals surface area contributed by atoms with Crippen LogP contribution in [0.25, 0.3) is 10.8 Å².